The molecule has 1 heterocycles. The summed E-state index contributed by atoms with van der Waals surface area (Å²) in [5.41, 5.74) is 0.690. The molecule has 17 heavy (non-hydrogen) atoms. The van der Waals surface area contributed by atoms with Crippen LogP contribution in [0, 0.1) is 0 Å². The van der Waals surface area contributed by atoms with Crippen molar-refractivity contribution in [2.24, 2.45) is 0 Å². The molecule has 92 valence electrons. The van der Waals surface area contributed by atoms with Crippen LogP contribution < -0.4 is 5.32 Å². The predicted octanol–water partition coefficient (Wildman–Crippen LogP) is 1.33. The Labute approximate surface area is 100 Å². The van der Waals surface area contributed by atoms with Crippen molar-refractivity contribution in [1.29, 1.82) is 0 Å². The summed E-state index contributed by atoms with van der Waals surface area (Å²) in [6.45, 7) is 3.62. The van der Waals surface area contributed by atoms with Gasteiger partial charge in [0.25, 0.3) is 0 Å². The molecule has 1 unspecified atom stereocenters. The molecular formula is C12H16N2O3. The van der Waals surface area contributed by atoms with Gasteiger partial charge in [-0.1, -0.05) is 6.07 Å². The first kappa shape index (κ1) is 13.2. The maximum absolute atomic E-state index is 11.7. The van der Waals surface area contributed by atoms with E-state index in [-0.39, 0.29) is 18.8 Å². The van der Waals surface area contributed by atoms with Gasteiger partial charge in [-0.15, -0.1) is 0 Å². The zero-order chi connectivity index (χ0) is 12.7. The van der Waals surface area contributed by atoms with Crippen LogP contribution in [0.15, 0.2) is 24.4 Å². The number of hydrogen-bond acceptors (Lipinski definition) is 4. The van der Waals surface area contributed by atoms with E-state index in [0.29, 0.717) is 5.69 Å². The van der Waals surface area contributed by atoms with E-state index < -0.39 is 12.1 Å². The van der Waals surface area contributed by atoms with Gasteiger partial charge in [-0.3, -0.25) is 9.78 Å². The minimum absolute atomic E-state index is 0.100. The third-order valence-corrected chi connectivity index (χ3v) is 2.17. The number of ketones is 1. The largest absolute Gasteiger partial charge is 0.450 e. The van der Waals surface area contributed by atoms with Gasteiger partial charge in [-0.05, 0) is 26.0 Å². The molecule has 1 aromatic rings. The zero-order valence-electron chi connectivity index (χ0n) is 9.97. The smallest absolute Gasteiger partial charge is 0.407 e. The highest BCUT2D eigenvalue weighted by atomic mass is 16.5. The Balaban J connectivity index is 2.45. The maximum atomic E-state index is 11.7. The first-order valence-corrected chi connectivity index (χ1v) is 5.49. The quantitative estimate of drug-likeness (QED) is 0.837. The number of carbonyl (C=O) groups is 2. The Morgan fingerprint density at radius 1 is 1.47 bits per heavy atom. The summed E-state index contributed by atoms with van der Waals surface area (Å²) in [5, 5.41) is 2.46. The van der Waals surface area contributed by atoms with Gasteiger partial charge in [0.1, 0.15) is 0 Å². The molecule has 0 saturated heterocycles. The minimum Gasteiger partial charge on any atom is -0.450 e. The van der Waals surface area contributed by atoms with E-state index in [2.05, 4.69) is 10.3 Å². The number of pyridine rings is 1. The van der Waals surface area contributed by atoms with Crippen LogP contribution in [0.3, 0.4) is 0 Å². The van der Waals surface area contributed by atoms with Gasteiger partial charge in [0.05, 0.1) is 19.1 Å². The zero-order valence-corrected chi connectivity index (χ0v) is 9.97. The molecule has 0 spiro atoms. The van der Waals surface area contributed by atoms with Crippen molar-refractivity contribution in [2.45, 2.75) is 26.3 Å². The maximum Gasteiger partial charge on any atom is 0.407 e. The first-order valence-electron chi connectivity index (χ1n) is 5.49. The van der Waals surface area contributed by atoms with E-state index in [1.807, 2.05) is 6.07 Å². The highest BCUT2D eigenvalue weighted by Crippen LogP contribution is 1.98. The van der Waals surface area contributed by atoms with E-state index in [0.717, 1.165) is 0 Å². The Morgan fingerprint density at radius 2 is 2.24 bits per heavy atom. The van der Waals surface area contributed by atoms with Gasteiger partial charge in [0, 0.05) is 11.9 Å². The van der Waals surface area contributed by atoms with Crippen molar-refractivity contribution >= 4 is 11.9 Å². The molecule has 5 heteroatoms. The monoisotopic (exact) mass is 236 g/mol. The van der Waals surface area contributed by atoms with Crippen molar-refractivity contribution < 1.29 is 14.3 Å². The van der Waals surface area contributed by atoms with Gasteiger partial charge < -0.3 is 10.1 Å². The fourth-order valence-electron chi connectivity index (χ4n) is 1.26. The second-order valence-electron chi connectivity index (χ2n) is 3.55. The Morgan fingerprint density at radius 3 is 2.82 bits per heavy atom. The van der Waals surface area contributed by atoms with Gasteiger partial charge in [-0.25, -0.2) is 4.79 Å². The van der Waals surface area contributed by atoms with Crippen LogP contribution in [0.25, 0.3) is 0 Å². The minimum atomic E-state index is -0.575. The number of hydrogen-bond donors (Lipinski definition) is 1. The molecule has 0 bridgehead atoms. The molecule has 0 aliphatic carbocycles. The highest BCUT2D eigenvalue weighted by molar-refractivity contribution is 5.88. The predicted molar refractivity (Wildman–Crippen MR) is 62.6 cm³/mol. The van der Waals surface area contributed by atoms with Crippen LogP contribution in [0.2, 0.25) is 0 Å². The molecule has 0 aromatic carbocycles. The van der Waals surface area contributed by atoms with Gasteiger partial charge in [0.2, 0.25) is 0 Å². The van der Waals surface area contributed by atoms with Crippen LogP contribution in [-0.4, -0.2) is 29.5 Å². The number of rotatable bonds is 5. The molecule has 1 rings (SSSR count). The van der Waals surface area contributed by atoms with Crippen molar-refractivity contribution in [3.63, 3.8) is 0 Å². The van der Waals surface area contributed by atoms with Crippen molar-refractivity contribution in [2.75, 3.05) is 6.61 Å². The number of ether oxygens (including phenoxy) is 1. The second kappa shape index (κ2) is 6.62. The molecule has 5 nitrogen and oxygen atoms in total. The lowest BCUT2D eigenvalue weighted by atomic mass is 10.1. The summed E-state index contributed by atoms with van der Waals surface area (Å²) in [5.74, 6) is -0.100. The molecule has 0 radical (unpaired) electrons. The fourth-order valence-corrected chi connectivity index (χ4v) is 1.26. The molecule has 1 amide bonds. The Kier molecular flexibility index (Phi) is 5.13. The standard InChI is InChI=1S/C12H16N2O3/c1-3-17-12(16)14-9(2)11(15)8-10-6-4-5-7-13-10/h4-7,9H,3,8H2,1-2H3,(H,14,16). The number of amides is 1. The SMILES string of the molecule is CCOC(=O)NC(C)C(=O)Cc1ccccn1. The number of carbonyl (C=O) groups excluding carboxylic acids is 2. The molecule has 0 aliphatic heterocycles. The van der Waals surface area contributed by atoms with Crippen LogP contribution >= 0.6 is 0 Å². The van der Waals surface area contributed by atoms with E-state index in [1.54, 1.807) is 32.2 Å². The van der Waals surface area contributed by atoms with Gasteiger partial charge in [-0.2, -0.15) is 0 Å². The lowest BCUT2D eigenvalue weighted by Crippen LogP contribution is -2.39. The average molecular weight is 236 g/mol. The number of alkyl carbamates (subject to hydrolysis) is 1. The summed E-state index contributed by atoms with van der Waals surface area (Å²) in [6.07, 6.45) is 1.26. The second-order valence-corrected chi connectivity index (χ2v) is 3.55. The molecule has 0 aliphatic rings. The fraction of sp³-hybridized carbons (Fsp3) is 0.417. The lowest BCUT2D eigenvalue weighted by Gasteiger charge is -2.12. The van der Waals surface area contributed by atoms with Crippen LogP contribution in [0.5, 0.6) is 0 Å². The Bertz CT molecular complexity index is 379. The van der Waals surface area contributed by atoms with Crippen molar-refractivity contribution in [3.8, 4) is 0 Å². The molecule has 1 aromatic heterocycles. The summed E-state index contributed by atoms with van der Waals surface area (Å²) >= 11 is 0. The van der Waals surface area contributed by atoms with E-state index >= 15 is 0 Å². The topological polar surface area (TPSA) is 68.3 Å². The lowest BCUT2D eigenvalue weighted by molar-refractivity contribution is -0.120. The van der Waals surface area contributed by atoms with Crippen LogP contribution in [0.4, 0.5) is 4.79 Å². The molecule has 1 N–H and O–H groups in total. The van der Waals surface area contributed by atoms with Crippen LogP contribution in [-0.2, 0) is 16.0 Å². The summed E-state index contributed by atoms with van der Waals surface area (Å²) in [6, 6.07) is 4.80. The van der Waals surface area contributed by atoms with E-state index in [9.17, 15) is 9.59 Å². The van der Waals surface area contributed by atoms with Crippen molar-refractivity contribution in [1.82, 2.24) is 10.3 Å². The van der Waals surface area contributed by atoms with Crippen LogP contribution in [0.1, 0.15) is 19.5 Å². The van der Waals surface area contributed by atoms with E-state index in [1.165, 1.54) is 0 Å². The normalized spacial score (nSPS) is 11.6. The molecule has 1 atom stereocenters. The third-order valence-electron chi connectivity index (χ3n) is 2.17. The van der Waals surface area contributed by atoms with Crippen molar-refractivity contribution in [3.05, 3.63) is 30.1 Å². The number of aromatic nitrogens is 1. The highest BCUT2D eigenvalue weighted by Gasteiger charge is 2.16. The van der Waals surface area contributed by atoms with Gasteiger partial charge >= 0.3 is 6.09 Å². The van der Waals surface area contributed by atoms with Gasteiger partial charge in [0.15, 0.2) is 5.78 Å². The number of Topliss-reactive ketones (excluding diaryl/α,β-unsaturated/α-hetero) is 1. The first-order chi connectivity index (χ1) is 8.13. The summed E-state index contributed by atoms with van der Waals surface area (Å²) in [4.78, 5) is 26.9. The number of nitrogens with one attached hydrogen (secondary N) is 1. The number of nitrogens with zero attached hydrogens (tertiary/aromatic N) is 1. The average Bonchev–Trinajstić information content (AvgIpc) is 2.30. The summed E-state index contributed by atoms with van der Waals surface area (Å²) in [7, 11) is 0. The molecule has 0 fully saturated rings. The molecule has 0 saturated carbocycles. The summed E-state index contributed by atoms with van der Waals surface area (Å²) < 4.78 is 4.70. The Hall–Kier alpha value is -1.91. The third kappa shape index (κ3) is 4.63. The van der Waals surface area contributed by atoms with E-state index in [4.69, 9.17) is 4.74 Å². The molecular weight excluding hydrogens is 220 g/mol.